The monoisotopic (exact) mass is 436 g/mol. The number of amides is 3. The van der Waals surface area contributed by atoms with E-state index >= 15 is 0 Å². The molecular weight excluding hydrogens is 419 g/mol. The molecule has 5 nitrogen and oxygen atoms in total. The van der Waals surface area contributed by atoms with Crippen LogP contribution in [0.2, 0.25) is 5.02 Å². The number of halogens is 2. The molecule has 4 rings (SSSR count). The van der Waals surface area contributed by atoms with Crippen LogP contribution in [0.4, 0.5) is 9.18 Å². The number of nitrogens with zero attached hydrogens (tertiary/aromatic N) is 1. The number of hydrogen-bond donors (Lipinski definition) is 1. The molecule has 0 radical (unpaired) electrons. The number of ether oxygens (including phenoxy) is 1. The Morgan fingerprint density at radius 2 is 1.61 bits per heavy atom. The minimum atomic E-state index is -0.528. The first-order valence-corrected chi connectivity index (χ1v) is 9.92. The summed E-state index contributed by atoms with van der Waals surface area (Å²) in [5, 5.41) is 3.24. The van der Waals surface area contributed by atoms with Crippen LogP contribution < -0.4 is 10.1 Å². The van der Waals surface area contributed by atoms with Gasteiger partial charge >= 0.3 is 6.03 Å². The molecule has 0 aromatic heterocycles. The van der Waals surface area contributed by atoms with E-state index in [9.17, 15) is 14.0 Å². The highest BCUT2D eigenvalue weighted by Gasteiger charge is 2.33. The molecule has 3 aromatic rings. The molecule has 0 aliphatic carbocycles. The van der Waals surface area contributed by atoms with Gasteiger partial charge in [-0.3, -0.25) is 9.69 Å². The van der Waals surface area contributed by atoms with Crippen molar-refractivity contribution in [3.05, 3.63) is 106 Å². The molecule has 0 bridgehead atoms. The summed E-state index contributed by atoms with van der Waals surface area (Å²) in [5.41, 5.74) is 2.40. The maximum atomic E-state index is 13.1. The minimum Gasteiger partial charge on any atom is -0.488 e. The predicted octanol–water partition coefficient (Wildman–Crippen LogP) is 5.15. The van der Waals surface area contributed by atoms with Crippen LogP contribution >= 0.6 is 11.6 Å². The first kappa shape index (κ1) is 20.6. The summed E-state index contributed by atoms with van der Waals surface area (Å²) >= 11 is 5.91. The maximum absolute atomic E-state index is 13.1. The number of imide groups is 1. The molecular formula is C24H18ClFN2O3. The molecule has 0 atom stereocenters. The van der Waals surface area contributed by atoms with Crippen molar-refractivity contribution in [2.45, 2.75) is 13.2 Å². The third-order valence-corrected chi connectivity index (χ3v) is 4.99. The molecule has 31 heavy (non-hydrogen) atoms. The molecule has 7 heteroatoms. The van der Waals surface area contributed by atoms with Crippen molar-refractivity contribution in [2.24, 2.45) is 0 Å². The second kappa shape index (κ2) is 9.02. The van der Waals surface area contributed by atoms with Crippen LogP contribution in [0.3, 0.4) is 0 Å². The van der Waals surface area contributed by atoms with Crippen LogP contribution in [0.15, 0.2) is 78.5 Å². The number of carbonyl (C=O) groups excluding carboxylic acids is 2. The van der Waals surface area contributed by atoms with Gasteiger partial charge in [0.1, 0.15) is 23.9 Å². The first-order chi connectivity index (χ1) is 15.0. The third-order valence-electron chi connectivity index (χ3n) is 4.74. The van der Waals surface area contributed by atoms with Gasteiger partial charge in [-0.05, 0) is 47.5 Å². The van der Waals surface area contributed by atoms with E-state index < -0.39 is 11.9 Å². The third kappa shape index (κ3) is 4.92. The van der Waals surface area contributed by atoms with Crippen LogP contribution in [0.25, 0.3) is 6.08 Å². The summed E-state index contributed by atoms with van der Waals surface area (Å²) < 4.78 is 19.0. The Morgan fingerprint density at radius 1 is 0.935 bits per heavy atom. The molecule has 1 N–H and O–H groups in total. The van der Waals surface area contributed by atoms with Gasteiger partial charge in [-0.2, -0.15) is 0 Å². The highest BCUT2D eigenvalue weighted by atomic mass is 35.5. The second-order valence-corrected chi connectivity index (χ2v) is 7.40. The van der Waals surface area contributed by atoms with Crippen molar-refractivity contribution >= 4 is 29.6 Å². The summed E-state index contributed by atoms with van der Waals surface area (Å²) in [5.74, 6) is -0.262. The fourth-order valence-corrected chi connectivity index (χ4v) is 3.24. The number of hydrogen-bond acceptors (Lipinski definition) is 3. The molecule has 0 spiro atoms. The first-order valence-electron chi connectivity index (χ1n) is 9.55. The van der Waals surface area contributed by atoms with Crippen molar-refractivity contribution in [3.8, 4) is 5.75 Å². The van der Waals surface area contributed by atoms with E-state index in [1.807, 2.05) is 24.3 Å². The number of benzene rings is 3. The lowest BCUT2D eigenvalue weighted by atomic mass is 10.1. The largest absolute Gasteiger partial charge is 0.488 e. The molecule has 3 amide bonds. The molecule has 1 aliphatic heterocycles. The van der Waals surface area contributed by atoms with Crippen molar-refractivity contribution in [1.82, 2.24) is 10.2 Å². The summed E-state index contributed by atoms with van der Waals surface area (Å²) in [6.45, 7) is 0.380. The molecule has 156 valence electrons. The van der Waals surface area contributed by atoms with Crippen LogP contribution in [-0.4, -0.2) is 16.8 Å². The number of nitrogens with one attached hydrogen (secondary N) is 1. The van der Waals surface area contributed by atoms with Gasteiger partial charge in [0.25, 0.3) is 5.91 Å². The molecule has 1 fully saturated rings. The summed E-state index contributed by atoms with van der Waals surface area (Å²) in [6.07, 6.45) is 1.59. The van der Waals surface area contributed by atoms with E-state index in [0.29, 0.717) is 28.5 Å². The number of rotatable bonds is 6. The molecule has 1 heterocycles. The highest BCUT2D eigenvalue weighted by molar-refractivity contribution is 6.30. The van der Waals surface area contributed by atoms with Gasteiger partial charge in [-0.25, -0.2) is 9.18 Å². The van der Waals surface area contributed by atoms with Gasteiger partial charge in [-0.15, -0.1) is 0 Å². The van der Waals surface area contributed by atoms with Crippen LogP contribution in [-0.2, 0) is 17.9 Å². The quantitative estimate of drug-likeness (QED) is 0.429. The van der Waals surface area contributed by atoms with E-state index in [2.05, 4.69) is 5.32 Å². The molecule has 1 saturated heterocycles. The highest BCUT2D eigenvalue weighted by Crippen LogP contribution is 2.24. The van der Waals surface area contributed by atoms with E-state index in [0.717, 1.165) is 10.5 Å². The second-order valence-electron chi connectivity index (χ2n) is 6.96. The Bertz CT molecular complexity index is 1140. The van der Waals surface area contributed by atoms with Crippen LogP contribution in [0.5, 0.6) is 5.75 Å². The molecule has 0 saturated carbocycles. The number of urea groups is 1. The van der Waals surface area contributed by atoms with Crippen molar-refractivity contribution in [2.75, 3.05) is 0 Å². The lowest BCUT2D eigenvalue weighted by molar-refractivity contribution is -0.123. The Labute approximate surface area is 183 Å². The van der Waals surface area contributed by atoms with Gasteiger partial charge in [0.2, 0.25) is 0 Å². The molecule has 3 aromatic carbocycles. The van der Waals surface area contributed by atoms with Crippen molar-refractivity contribution in [1.29, 1.82) is 0 Å². The average Bonchev–Trinajstić information content (AvgIpc) is 3.03. The Morgan fingerprint density at radius 3 is 2.35 bits per heavy atom. The van der Waals surface area contributed by atoms with Gasteiger partial charge in [0.15, 0.2) is 0 Å². The Kier molecular flexibility index (Phi) is 6.00. The lowest BCUT2D eigenvalue weighted by Gasteiger charge is -2.12. The number of para-hydroxylation sites is 1. The zero-order valence-corrected chi connectivity index (χ0v) is 17.1. The molecule has 0 unspecified atom stereocenters. The fourth-order valence-electron chi connectivity index (χ4n) is 3.12. The van der Waals surface area contributed by atoms with E-state index in [4.69, 9.17) is 16.3 Å². The zero-order valence-electron chi connectivity index (χ0n) is 16.3. The van der Waals surface area contributed by atoms with Gasteiger partial charge in [0, 0.05) is 10.6 Å². The standard InChI is InChI=1S/C24H18ClFN2O3/c25-19-9-5-17(6-10-19)15-31-22-4-2-1-3-18(22)13-21-23(29)28(24(30)27-21)14-16-7-11-20(26)12-8-16/h1-13H,14-15H2,(H,27,30)/b21-13+. The van der Waals surface area contributed by atoms with Crippen molar-refractivity contribution < 1.29 is 18.7 Å². The van der Waals surface area contributed by atoms with Gasteiger partial charge in [0.05, 0.1) is 6.54 Å². The lowest BCUT2D eigenvalue weighted by Crippen LogP contribution is -2.30. The van der Waals surface area contributed by atoms with Crippen LogP contribution in [0.1, 0.15) is 16.7 Å². The normalized spacial score (nSPS) is 14.8. The van der Waals surface area contributed by atoms with E-state index in [-0.39, 0.29) is 18.1 Å². The average molecular weight is 437 g/mol. The summed E-state index contributed by atoms with van der Waals surface area (Å²) in [4.78, 5) is 26.2. The van der Waals surface area contributed by atoms with Gasteiger partial charge in [-0.1, -0.05) is 54.1 Å². The van der Waals surface area contributed by atoms with Crippen LogP contribution in [0, 0.1) is 5.82 Å². The smallest absolute Gasteiger partial charge is 0.329 e. The molecule has 1 aliphatic rings. The van der Waals surface area contributed by atoms with E-state index in [1.165, 1.54) is 24.3 Å². The SMILES string of the molecule is O=C1N/C(=C/c2ccccc2OCc2ccc(Cl)cc2)C(=O)N1Cc1ccc(F)cc1. The number of carbonyl (C=O) groups is 2. The van der Waals surface area contributed by atoms with E-state index in [1.54, 1.807) is 30.3 Å². The summed E-state index contributed by atoms with van der Waals surface area (Å²) in [7, 11) is 0. The predicted molar refractivity (Wildman–Crippen MR) is 116 cm³/mol. The van der Waals surface area contributed by atoms with Crippen molar-refractivity contribution in [3.63, 3.8) is 0 Å². The Balaban J connectivity index is 1.50. The summed E-state index contributed by atoms with van der Waals surface area (Å²) in [6, 6.07) is 19.7. The minimum absolute atomic E-state index is 0.0526. The topological polar surface area (TPSA) is 58.6 Å². The zero-order chi connectivity index (χ0) is 21.8. The maximum Gasteiger partial charge on any atom is 0.329 e. The fraction of sp³-hybridized carbons (Fsp3) is 0.0833. The van der Waals surface area contributed by atoms with Gasteiger partial charge < -0.3 is 10.1 Å². The Hall–Kier alpha value is -3.64.